The second-order valence-corrected chi connectivity index (χ2v) is 6.53. The molecular formula is C18H23N3. The van der Waals surface area contributed by atoms with Gasteiger partial charge in [-0.3, -0.25) is 0 Å². The summed E-state index contributed by atoms with van der Waals surface area (Å²) >= 11 is 0. The van der Waals surface area contributed by atoms with Crippen molar-refractivity contribution in [3.05, 3.63) is 36.3 Å². The van der Waals surface area contributed by atoms with Gasteiger partial charge in [0.1, 0.15) is 0 Å². The molecule has 1 saturated carbocycles. The molecule has 3 heteroatoms. The van der Waals surface area contributed by atoms with Crippen LogP contribution >= 0.6 is 0 Å². The van der Waals surface area contributed by atoms with Gasteiger partial charge in [0.05, 0.1) is 18.2 Å². The van der Waals surface area contributed by atoms with Gasteiger partial charge in [-0.05, 0) is 30.7 Å². The van der Waals surface area contributed by atoms with E-state index in [9.17, 15) is 0 Å². The summed E-state index contributed by atoms with van der Waals surface area (Å²) in [7, 11) is 0. The second kappa shape index (κ2) is 5.21. The highest BCUT2D eigenvalue weighted by Gasteiger charge is 2.26. The summed E-state index contributed by atoms with van der Waals surface area (Å²) in [6.45, 7) is 3.45. The van der Waals surface area contributed by atoms with Crippen LogP contribution in [-0.4, -0.2) is 16.1 Å². The lowest BCUT2D eigenvalue weighted by Crippen LogP contribution is -2.21. The van der Waals surface area contributed by atoms with Crippen molar-refractivity contribution < 1.29 is 0 Å². The fourth-order valence-corrected chi connectivity index (χ4v) is 4.04. The van der Waals surface area contributed by atoms with Gasteiger partial charge in [0.2, 0.25) is 0 Å². The number of benzene rings is 1. The zero-order valence-corrected chi connectivity index (χ0v) is 12.7. The zero-order valence-electron chi connectivity index (χ0n) is 12.7. The van der Waals surface area contributed by atoms with Gasteiger partial charge < -0.3 is 9.88 Å². The number of rotatable bonds is 2. The highest BCUT2D eigenvalue weighted by atomic mass is 15.1. The van der Waals surface area contributed by atoms with Crippen molar-refractivity contribution in [2.75, 3.05) is 11.9 Å². The summed E-state index contributed by atoms with van der Waals surface area (Å²) in [6, 6.07) is 7.26. The van der Waals surface area contributed by atoms with Crippen molar-refractivity contribution in [1.29, 1.82) is 0 Å². The monoisotopic (exact) mass is 281 g/mol. The van der Waals surface area contributed by atoms with Gasteiger partial charge in [-0.25, -0.2) is 4.98 Å². The molecule has 2 aliphatic rings. The first kappa shape index (κ1) is 12.9. The Kier molecular flexibility index (Phi) is 3.21. The Hall–Kier alpha value is -1.77. The smallest absolute Gasteiger partial charge is 0.0953 e. The van der Waals surface area contributed by atoms with Crippen LogP contribution in [0.25, 0.3) is 11.3 Å². The molecule has 0 saturated heterocycles. The highest BCUT2D eigenvalue weighted by molar-refractivity contribution is 5.79. The summed E-state index contributed by atoms with van der Waals surface area (Å²) in [6.07, 6.45) is 10.6. The second-order valence-electron chi connectivity index (χ2n) is 6.53. The maximum atomic E-state index is 4.47. The topological polar surface area (TPSA) is 29.9 Å². The molecule has 1 aromatic carbocycles. The number of imidazole rings is 1. The third kappa shape index (κ3) is 2.15. The van der Waals surface area contributed by atoms with Gasteiger partial charge in [0.15, 0.2) is 0 Å². The van der Waals surface area contributed by atoms with Gasteiger partial charge in [-0.1, -0.05) is 38.0 Å². The molecule has 0 bridgehead atoms. The Bertz CT molecular complexity index is 644. The molecule has 1 aromatic heterocycles. The number of aromatic nitrogens is 2. The third-order valence-corrected chi connectivity index (χ3v) is 5.21. The Labute approximate surface area is 126 Å². The molecule has 0 amide bonds. The van der Waals surface area contributed by atoms with Crippen LogP contribution in [-0.2, 0) is 6.42 Å². The Morgan fingerprint density at radius 2 is 2.14 bits per heavy atom. The van der Waals surface area contributed by atoms with Crippen LogP contribution in [0.5, 0.6) is 0 Å². The van der Waals surface area contributed by atoms with Crippen molar-refractivity contribution in [3.63, 3.8) is 0 Å². The van der Waals surface area contributed by atoms with Gasteiger partial charge in [-0.15, -0.1) is 0 Å². The first-order valence-electron chi connectivity index (χ1n) is 8.22. The Balaban J connectivity index is 1.77. The lowest BCUT2D eigenvalue weighted by atomic mass is 9.85. The summed E-state index contributed by atoms with van der Waals surface area (Å²) in [5.41, 5.74) is 5.36. The lowest BCUT2D eigenvalue weighted by Gasteiger charge is -2.31. The Morgan fingerprint density at radius 1 is 1.24 bits per heavy atom. The average Bonchev–Trinajstić information content (AvgIpc) is 3.16. The van der Waals surface area contributed by atoms with E-state index in [2.05, 4.69) is 40.0 Å². The van der Waals surface area contributed by atoms with Crippen molar-refractivity contribution in [1.82, 2.24) is 9.55 Å². The van der Waals surface area contributed by atoms with Crippen molar-refractivity contribution in [2.24, 2.45) is 5.92 Å². The van der Waals surface area contributed by atoms with Crippen LogP contribution in [0.3, 0.4) is 0 Å². The predicted octanol–water partition coefficient (Wildman–Crippen LogP) is 4.27. The molecule has 1 aliphatic heterocycles. The van der Waals surface area contributed by atoms with Gasteiger partial charge in [-0.2, -0.15) is 0 Å². The van der Waals surface area contributed by atoms with Gasteiger partial charge in [0.25, 0.3) is 0 Å². The molecule has 0 radical (unpaired) electrons. The molecule has 2 unspecified atom stereocenters. The number of nitrogens with zero attached hydrogens (tertiary/aromatic N) is 2. The maximum absolute atomic E-state index is 4.47. The van der Waals surface area contributed by atoms with E-state index >= 15 is 0 Å². The molecule has 2 heterocycles. The predicted molar refractivity (Wildman–Crippen MR) is 86.5 cm³/mol. The molecule has 1 fully saturated rings. The van der Waals surface area contributed by atoms with E-state index in [0.717, 1.165) is 18.9 Å². The first-order chi connectivity index (χ1) is 10.3. The fraction of sp³-hybridized carbons (Fsp3) is 0.500. The first-order valence-corrected chi connectivity index (χ1v) is 8.22. The van der Waals surface area contributed by atoms with E-state index in [1.807, 2.05) is 12.5 Å². The number of anilines is 1. The molecule has 1 aliphatic carbocycles. The molecule has 2 aromatic rings. The highest BCUT2D eigenvalue weighted by Crippen LogP contribution is 2.39. The summed E-state index contributed by atoms with van der Waals surface area (Å²) in [5, 5.41) is 3.56. The van der Waals surface area contributed by atoms with E-state index in [0.29, 0.717) is 6.04 Å². The minimum absolute atomic E-state index is 0.605. The summed E-state index contributed by atoms with van der Waals surface area (Å²) < 4.78 is 2.43. The van der Waals surface area contributed by atoms with E-state index in [1.54, 1.807) is 0 Å². The Morgan fingerprint density at radius 3 is 3.05 bits per heavy atom. The average molecular weight is 281 g/mol. The van der Waals surface area contributed by atoms with Crippen molar-refractivity contribution in [2.45, 2.75) is 45.1 Å². The lowest BCUT2D eigenvalue weighted by molar-refractivity contribution is 0.259. The molecular weight excluding hydrogens is 258 g/mol. The molecule has 110 valence electrons. The number of fused-ring (bicyclic) bond motifs is 1. The SMILES string of the molecule is CC1CCCCC1n1cncc1-c1cccc2c1NCC2. The minimum Gasteiger partial charge on any atom is -0.384 e. The summed E-state index contributed by atoms with van der Waals surface area (Å²) in [5.74, 6) is 0.747. The van der Waals surface area contributed by atoms with Crippen LogP contribution in [0, 0.1) is 5.92 Å². The molecule has 3 nitrogen and oxygen atoms in total. The minimum atomic E-state index is 0.605. The number of hydrogen-bond acceptors (Lipinski definition) is 2. The number of para-hydroxylation sites is 1. The molecule has 2 atom stereocenters. The standard InChI is InChI=1S/C18H23N3/c1-13-5-2-3-8-16(13)21-12-19-11-17(21)15-7-4-6-14-9-10-20-18(14)15/h4,6-7,11-13,16,20H,2-3,5,8-10H2,1H3. The number of nitrogens with one attached hydrogen (secondary N) is 1. The van der Waals surface area contributed by atoms with Gasteiger partial charge in [0, 0.05) is 23.8 Å². The van der Waals surface area contributed by atoms with Crippen molar-refractivity contribution >= 4 is 5.69 Å². The molecule has 1 N–H and O–H groups in total. The molecule has 0 spiro atoms. The van der Waals surface area contributed by atoms with Crippen LogP contribution in [0.4, 0.5) is 5.69 Å². The van der Waals surface area contributed by atoms with Crippen LogP contribution < -0.4 is 5.32 Å². The quantitative estimate of drug-likeness (QED) is 0.891. The van der Waals surface area contributed by atoms with Crippen LogP contribution in [0.1, 0.15) is 44.2 Å². The fourth-order valence-electron chi connectivity index (χ4n) is 4.04. The number of hydrogen-bond donors (Lipinski definition) is 1. The molecule has 4 rings (SSSR count). The van der Waals surface area contributed by atoms with Crippen molar-refractivity contribution in [3.8, 4) is 11.3 Å². The van der Waals surface area contributed by atoms with Crippen LogP contribution in [0.2, 0.25) is 0 Å². The van der Waals surface area contributed by atoms with E-state index in [4.69, 9.17) is 0 Å². The van der Waals surface area contributed by atoms with E-state index in [1.165, 1.54) is 48.2 Å². The van der Waals surface area contributed by atoms with E-state index in [-0.39, 0.29) is 0 Å². The summed E-state index contributed by atoms with van der Waals surface area (Å²) in [4.78, 5) is 4.47. The third-order valence-electron chi connectivity index (χ3n) is 5.21. The maximum Gasteiger partial charge on any atom is 0.0953 e. The van der Waals surface area contributed by atoms with Gasteiger partial charge >= 0.3 is 0 Å². The molecule has 21 heavy (non-hydrogen) atoms. The van der Waals surface area contributed by atoms with Crippen LogP contribution in [0.15, 0.2) is 30.7 Å². The van der Waals surface area contributed by atoms with E-state index < -0.39 is 0 Å². The normalized spacial score (nSPS) is 24.6. The zero-order chi connectivity index (χ0) is 14.2. The largest absolute Gasteiger partial charge is 0.384 e.